The molecule has 0 aromatic heterocycles. The van der Waals surface area contributed by atoms with Crippen LogP contribution in [0.5, 0.6) is 5.75 Å². The maximum Gasteiger partial charge on any atom is 0.234 e. The van der Waals surface area contributed by atoms with Gasteiger partial charge in [0.1, 0.15) is 5.75 Å². The van der Waals surface area contributed by atoms with Gasteiger partial charge in [-0.05, 0) is 50.0 Å². The van der Waals surface area contributed by atoms with Gasteiger partial charge >= 0.3 is 0 Å². The molecule has 3 N–H and O–H groups in total. The van der Waals surface area contributed by atoms with E-state index in [0.29, 0.717) is 25.7 Å². The number of nitrogens with zero attached hydrogens (tertiary/aromatic N) is 1. The molecule has 1 aromatic carbocycles. The Kier molecular flexibility index (Phi) is 8.99. The standard InChI is InChI=1S/C17H27N3O2.ClH/c1-22-16-7-4-5-14(11-16)12-19-17(21)13-20-10-3-2-6-15(20)8-9-18;/h4-5,7,11,15H,2-3,6,8-10,12-13,18H2,1H3,(H,19,21);1H. The Bertz CT molecular complexity index is 483. The number of piperidine rings is 1. The van der Waals surface area contributed by atoms with Gasteiger partial charge in [0.15, 0.2) is 0 Å². The molecule has 1 aliphatic heterocycles. The zero-order chi connectivity index (χ0) is 15.8. The number of methoxy groups -OCH3 is 1. The van der Waals surface area contributed by atoms with Crippen molar-refractivity contribution >= 4 is 18.3 Å². The third kappa shape index (κ3) is 6.37. The molecule has 1 saturated heterocycles. The highest BCUT2D eigenvalue weighted by molar-refractivity contribution is 5.85. The number of carbonyl (C=O) groups excluding carboxylic acids is 1. The molecule has 1 amide bonds. The molecule has 1 fully saturated rings. The van der Waals surface area contributed by atoms with Crippen molar-refractivity contribution in [1.29, 1.82) is 0 Å². The van der Waals surface area contributed by atoms with E-state index < -0.39 is 0 Å². The molecule has 2 rings (SSSR count). The van der Waals surface area contributed by atoms with Crippen LogP contribution in [0.3, 0.4) is 0 Å². The highest BCUT2D eigenvalue weighted by Gasteiger charge is 2.23. The number of halogens is 1. The molecule has 5 nitrogen and oxygen atoms in total. The summed E-state index contributed by atoms with van der Waals surface area (Å²) in [6.45, 7) is 2.68. The van der Waals surface area contributed by atoms with E-state index in [2.05, 4.69) is 10.2 Å². The zero-order valence-electron chi connectivity index (χ0n) is 13.8. The topological polar surface area (TPSA) is 67.6 Å². The predicted molar refractivity (Wildman–Crippen MR) is 95.0 cm³/mol. The van der Waals surface area contributed by atoms with Crippen molar-refractivity contribution in [3.8, 4) is 5.75 Å². The second kappa shape index (κ2) is 10.5. The average molecular weight is 342 g/mol. The Balaban J connectivity index is 0.00000264. The average Bonchev–Trinajstić information content (AvgIpc) is 2.55. The largest absolute Gasteiger partial charge is 0.497 e. The molecule has 0 spiro atoms. The Hall–Kier alpha value is -1.30. The quantitative estimate of drug-likeness (QED) is 0.795. The van der Waals surface area contributed by atoms with Gasteiger partial charge in [0, 0.05) is 12.6 Å². The van der Waals surface area contributed by atoms with E-state index >= 15 is 0 Å². The molecule has 23 heavy (non-hydrogen) atoms. The molecule has 130 valence electrons. The van der Waals surface area contributed by atoms with Crippen LogP contribution >= 0.6 is 12.4 Å². The fraction of sp³-hybridized carbons (Fsp3) is 0.588. The number of likely N-dealkylation sites (tertiary alicyclic amines) is 1. The van der Waals surface area contributed by atoms with E-state index in [1.807, 2.05) is 24.3 Å². The van der Waals surface area contributed by atoms with Gasteiger partial charge in [0.2, 0.25) is 5.91 Å². The number of nitrogens with two attached hydrogens (primary N) is 1. The molecule has 0 radical (unpaired) electrons. The number of hydrogen-bond acceptors (Lipinski definition) is 4. The Labute approximate surface area is 145 Å². The van der Waals surface area contributed by atoms with Gasteiger partial charge in [0.25, 0.3) is 0 Å². The van der Waals surface area contributed by atoms with Crippen LogP contribution in [0, 0.1) is 0 Å². The summed E-state index contributed by atoms with van der Waals surface area (Å²) in [6, 6.07) is 8.22. The SMILES string of the molecule is COc1cccc(CNC(=O)CN2CCCCC2CCN)c1.Cl. The van der Waals surface area contributed by atoms with E-state index in [0.717, 1.165) is 30.7 Å². The van der Waals surface area contributed by atoms with E-state index in [1.165, 1.54) is 12.8 Å². The van der Waals surface area contributed by atoms with Crippen LogP contribution < -0.4 is 15.8 Å². The number of hydrogen-bond donors (Lipinski definition) is 2. The second-order valence-electron chi connectivity index (χ2n) is 5.83. The predicted octanol–water partition coefficient (Wildman–Crippen LogP) is 1.94. The molecule has 0 saturated carbocycles. The van der Waals surface area contributed by atoms with Gasteiger partial charge in [-0.1, -0.05) is 18.6 Å². The fourth-order valence-electron chi connectivity index (χ4n) is 3.01. The summed E-state index contributed by atoms with van der Waals surface area (Å²) in [5.74, 6) is 0.887. The monoisotopic (exact) mass is 341 g/mol. The van der Waals surface area contributed by atoms with Crippen LogP contribution in [-0.2, 0) is 11.3 Å². The number of amides is 1. The van der Waals surface area contributed by atoms with Crippen LogP contribution in [0.25, 0.3) is 0 Å². The molecule has 6 heteroatoms. The van der Waals surface area contributed by atoms with Gasteiger partial charge in [0.05, 0.1) is 13.7 Å². The van der Waals surface area contributed by atoms with Gasteiger partial charge in [-0.2, -0.15) is 0 Å². The maximum atomic E-state index is 12.2. The van der Waals surface area contributed by atoms with Gasteiger partial charge in [-0.3, -0.25) is 9.69 Å². The molecular weight excluding hydrogens is 314 g/mol. The first-order chi connectivity index (χ1) is 10.7. The van der Waals surface area contributed by atoms with E-state index in [1.54, 1.807) is 7.11 Å². The van der Waals surface area contributed by atoms with Crippen molar-refractivity contribution in [2.45, 2.75) is 38.3 Å². The summed E-state index contributed by atoms with van der Waals surface area (Å²) in [5, 5.41) is 2.99. The number of nitrogens with one attached hydrogen (secondary N) is 1. The number of carbonyl (C=O) groups is 1. The van der Waals surface area contributed by atoms with Crippen molar-refractivity contribution in [1.82, 2.24) is 10.2 Å². The Morgan fingerprint density at radius 3 is 3.00 bits per heavy atom. The third-order valence-corrected chi connectivity index (χ3v) is 4.22. The molecule has 1 aliphatic rings. The minimum absolute atomic E-state index is 0. The van der Waals surface area contributed by atoms with Gasteiger partial charge < -0.3 is 15.8 Å². The minimum atomic E-state index is 0. The molecular formula is C17H28ClN3O2. The van der Waals surface area contributed by atoms with Crippen LogP contribution in [0.1, 0.15) is 31.2 Å². The van der Waals surface area contributed by atoms with Crippen molar-refractivity contribution in [3.63, 3.8) is 0 Å². The molecule has 1 heterocycles. The minimum Gasteiger partial charge on any atom is -0.497 e. The molecule has 1 aromatic rings. The summed E-state index contributed by atoms with van der Waals surface area (Å²) in [4.78, 5) is 14.4. The lowest BCUT2D eigenvalue weighted by atomic mass is 9.99. The highest BCUT2D eigenvalue weighted by atomic mass is 35.5. The van der Waals surface area contributed by atoms with Crippen molar-refractivity contribution in [2.24, 2.45) is 5.73 Å². The van der Waals surface area contributed by atoms with Crippen LogP contribution in [0.15, 0.2) is 24.3 Å². The fourth-order valence-corrected chi connectivity index (χ4v) is 3.01. The normalized spacial score (nSPS) is 18.1. The lowest BCUT2D eigenvalue weighted by Crippen LogP contribution is -2.46. The van der Waals surface area contributed by atoms with Gasteiger partial charge in [-0.15, -0.1) is 12.4 Å². The number of benzene rings is 1. The highest BCUT2D eigenvalue weighted by Crippen LogP contribution is 2.18. The lowest BCUT2D eigenvalue weighted by molar-refractivity contribution is -0.123. The Morgan fingerprint density at radius 2 is 2.26 bits per heavy atom. The molecule has 0 aliphatic carbocycles. The molecule has 0 bridgehead atoms. The number of rotatable bonds is 7. The first-order valence-corrected chi connectivity index (χ1v) is 8.06. The first kappa shape index (κ1) is 19.7. The number of ether oxygens (including phenoxy) is 1. The van der Waals surface area contributed by atoms with E-state index in [-0.39, 0.29) is 18.3 Å². The summed E-state index contributed by atoms with van der Waals surface area (Å²) < 4.78 is 5.19. The smallest absolute Gasteiger partial charge is 0.234 e. The summed E-state index contributed by atoms with van der Waals surface area (Å²) in [6.07, 6.45) is 4.54. The van der Waals surface area contributed by atoms with Crippen LogP contribution in [-0.4, -0.2) is 43.6 Å². The maximum absolute atomic E-state index is 12.2. The summed E-state index contributed by atoms with van der Waals surface area (Å²) in [7, 11) is 1.64. The van der Waals surface area contributed by atoms with Gasteiger partial charge in [-0.25, -0.2) is 0 Å². The van der Waals surface area contributed by atoms with Crippen molar-refractivity contribution in [2.75, 3.05) is 26.7 Å². The Morgan fingerprint density at radius 1 is 1.43 bits per heavy atom. The van der Waals surface area contributed by atoms with Crippen molar-refractivity contribution in [3.05, 3.63) is 29.8 Å². The van der Waals surface area contributed by atoms with Crippen molar-refractivity contribution < 1.29 is 9.53 Å². The molecule has 1 atom stereocenters. The summed E-state index contributed by atoms with van der Waals surface area (Å²) >= 11 is 0. The van der Waals surface area contributed by atoms with E-state index in [9.17, 15) is 4.79 Å². The van der Waals surface area contributed by atoms with E-state index in [4.69, 9.17) is 10.5 Å². The first-order valence-electron chi connectivity index (χ1n) is 8.06. The molecule has 1 unspecified atom stereocenters. The van der Waals surface area contributed by atoms with Crippen LogP contribution in [0.2, 0.25) is 0 Å². The summed E-state index contributed by atoms with van der Waals surface area (Å²) in [5.41, 5.74) is 6.72. The zero-order valence-corrected chi connectivity index (χ0v) is 14.6. The third-order valence-electron chi connectivity index (χ3n) is 4.22. The lowest BCUT2D eigenvalue weighted by Gasteiger charge is -2.35. The van der Waals surface area contributed by atoms with Crippen LogP contribution in [0.4, 0.5) is 0 Å². The second-order valence-corrected chi connectivity index (χ2v) is 5.83.